The number of nitrogens with zero attached hydrogens (tertiary/aromatic N) is 1. The molecule has 210 valence electrons. The molecule has 2 atom stereocenters. The Bertz CT molecular complexity index is 1190. The van der Waals surface area contributed by atoms with Crippen LogP contribution in [-0.2, 0) is 14.0 Å². The minimum atomic E-state index is -0.247. The summed E-state index contributed by atoms with van der Waals surface area (Å²) in [6, 6.07) is 28.9. The van der Waals surface area contributed by atoms with Crippen molar-refractivity contribution < 1.29 is 9.59 Å². The molecule has 3 aromatic carbocycles. The number of carbonyl (C=O) groups excluding carboxylic acids is 2. The summed E-state index contributed by atoms with van der Waals surface area (Å²) in [5.74, 6) is 0.144. The molecular formula is C34H40IN3O2. The van der Waals surface area contributed by atoms with E-state index in [1.807, 2.05) is 35.2 Å². The van der Waals surface area contributed by atoms with Crippen molar-refractivity contribution in [1.82, 2.24) is 15.5 Å². The fourth-order valence-corrected chi connectivity index (χ4v) is 5.71. The van der Waals surface area contributed by atoms with Crippen molar-refractivity contribution in [2.75, 3.05) is 19.6 Å². The van der Waals surface area contributed by atoms with E-state index in [9.17, 15) is 9.59 Å². The Hall–Kier alpha value is -2.97. The van der Waals surface area contributed by atoms with Gasteiger partial charge >= 0.3 is 0 Å². The van der Waals surface area contributed by atoms with Gasteiger partial charge in [0, 0.05) is 42.1 Å². The van der Waals surface area contributed by atoms with E-state index in [2.05, 4.69) is 101 Å². The van der Waals surface area contributed by atoms with Crippen molar-refractivity contribution in [3.8, 4) is 0 Å². The molecule has 5 nitrogen and oxygen atoms in total. The van der Waals surface area contributed by atoms with Gasteiger partial charge in [0.25, 0.3) is 0 Å². The SMILES string of the molecule is CCCC[C@@H]1N[C@H](CNC(=O)/C=C/c2ccc(CI)cc2)CCN(CC(c2ccccc2)c2ccccc2)C1=O. The van der Waals surface area contributed by atoms with Gasteiger partial charge in [-0.25, -0.2) is 0 Å². The van der Waals surface area contributed by atoms with Crippen LogP contribution in [0.25, 0.3) is 6.08 Å². The van der Waals surface area contributed by atoms with Crippen LogP contribution in [0.1, 0.15) is 60.8 Å². The van der Waals surface area contributed by atoms with Gasteiger partial charge in [-0.15, -0.1) is 0 Å². The Morgan fingerprint density at radius 2 is 1.68 bits per heavy atom. The Morgan fingerprint density at radius 1 is 1.02 bits per heavy atom. The molecule has 0 bridgehead atoms. The smallest absolute Gasteiger partial charge is 0.244 e. The van der Waals surface area contributed by atoms with Crippen molar-refractivity contribution in [3.63, 3.8) is 0 Å². The Kier molecular flexibility index (Phi) is 11.8. The first kappa shape index (κ1) is 30.0. The highest BCUT2D eigenvalue weighted by Crippen LogP contribution is 2.27. The lowest BCUT2D eigenvalue weighted by Gasteiger charge is -2.29. The Balaban J connectivity index is 1.42. The van der Waals surface area contributed by atoms with E-state index in [1.54, 1.807) is 6.08 Å². The van der Waals surface area contributed by atoms with Gasteiger partial charge in [0.1, 0.15) is 0 Å². The lowest BCUT2D eigenvalue weighted by atomic mass is 9.90. The average molecular weight is 650 g/mol. The molecule has 1 aliphatic heterocycles. The molecule has 0 aromatic heterocycles. The molecule has 0 spiro atoms. The van der Waals surface area contributed by atoms with Crippen LogP contribution >= 0.6 is 22.6 Å². The van der Waals surface area contributed by atoms with Crippen molar-refractivity contribution >= 4 is 40.5 Å². The third-order valence-electron chi connectivity index (χ3n) is 7.53. The number of carbonyl (C=O) groups is 2. The summed E-state index contributed by atoms with van der Waals surface area (Å²) in [6.07, 6.45) is 7.03. The number of nitrogens with one attached hydrogen (secondary N) is 2. The van der Waals surface area contributed by atoms with Crippen LogP contribution < -0.4 is 10.6 Å². The summed E-state index contributed by atoms with van der Waals surface area (Å²) < 4.78 is 0.967. The second kappa shape index (κ2) is 15.7. The normalized spacial score (nSPS) is 17.8. The number of unbranched alkanes of at least 4 members (excludes halogenated alkanes) is 1. The number of benzene rings is 3. The van der Waals surface area contributed by atoms with Crippen LogP contribution in [0.2, 0.25) is 0 Å². The zero-order chi connectivity index (χ0) is 28.2. The van der Waals surface area contributed by atoms with Crippen molar-refractivity contribution in [1.29, 1.82) is 0 Å². The standard InChI is InChI=1S/C34H40IN3O2/c1-2-3-14-32-34(40)38(25-31(28-10-6-4-7-11-28)29-12-8-5-9-13-29)22-21-30(37-32)24-36-33(39)20-19-26-15-17-27(23-35)18-16-26/h4-13,15-20,30-32,37H,2-3,14,21-25H2,1H3,(H,36,39)/b20-19+/t30-,32-/m0/s1. The van der Waals surface area contributed by atoms with E-state index in [1.165, 1.54) is 16.7 Å². The molecule has 2 N–H and O–H groups in total. The predicted octanol–water partition coefficient (Wildman–Crippen LogP) is 6.33. The van der Waals surface area contributed by atoms with E-state index in [0.717, 1.165) is 35.7 Å². The van der Waals surface area contributed by atoms with Gasteiger partial charge in [-0.2, -0.15) is 0 Å². The maximum absolute atomic E-state index is 13.8. The number of amides is 2. The first-order valence-electron chi connectivity index (χ1n) is 14.3. The number of rotatable bonds is 12. The molecular weight excluding hydrogens is 609 g/mol. The highest BCUT2D eigenvalue weighted by molar-refractivity contribution is 14.1. The first-order valence-corrected chi connectivity index (χ1v) is 15.9. The minimum Gasteiger partial charge on any atom is -0.351 e. The highest BCUT2D eigenvalue weighted by Gasteiger charge is 2.32. The van der Waals surface area contributed by atoms with E-state index >= 15 is 0 Å². The van der Waals surface area contributed by atoms with Crippen LogP contribution in [0.15, 0.2) is 91.0 Å². The molecule has 1 saturated heterocycles. The Labute approximate surface area is 252 Å². The fourth-order valence-electron chi connectivity index (χ4n) is 5.21. The second-order valence-electron chi connectivity index (χ2n) is 10.5. The third-order valence-corrected chi connectivity index (χ3v) is 8.41. The molecule has 1 heterocycles. The maximum atomic E-state index is 13.8. The highest BCUT2D eigenvalue weighted by atomic mass is 127. The molecule has 2 amide bonds. The average Bonchev–Trinajstić information content (AvgIpc) is 3.15. The molecule has 40 heavy (non-hydrogen) atoms. The molecule has 0 saturated carbocycles. The quantitative estimate of drug-likeness (QED) is 0.137. The number of halogens is 1. The van der Waals surface area contributed by atoms with Gasteiger partial charge in [0.15, 0.2) is 0 Å². The molecule has 0 radical (unpaired) electrons. The number of hydrogen-bond acceptors (Lipinski definition) is 3. The largest absolute Gasteiger partial charge is 0.351 e. The van der Waals surface area contributed by atoms with Gasteiger partial charge in [0.05, 0.1) is 6.04 Å². The minimum absolute atomic E-state index is 0.0306. The fraction of sp³-hybridized carbons (Fsp3) is 0.353. The lowest BCUT2D eigenvalue weighted by Crippen LogP contribution is -2.49. The predicted molar refractivity (Wildman–Crippen MR) is 172 cm³/mol. The monoisotopic (exact) mass is 649 g/mol. The van der Waals surface area contributed by atoms with Gasteiger partial charge in [-0.3, -0.25) is 9.59 Å². The molecule has 1 aliphatic rings. The first-order chi connectivity index (χ1) is 19.6. The second-order valence-corrected chi connectivity index (χ2v) is 11.2. The van der Waals surface area contributed by atoms with Gasteiger partial charge < -0.3 is 15.5 Å². The maximum Gasteiger partial charge on any atom is 0.244 e. The van der Waals surface area contributed by atoms with E-state index < -0.39 is 0 Å². The van der Waals surface area contributed by atoms with E-state index in [0.29, 0.717) is 19.6 Å². The lowest BCUT2D eigenvalue weighted by molar-refractivity contribution is -0.133. The van der Waals surface area contributed by atoms with E-state index in [4.69, 9.17) is 0 Å². The molecule has 4 rings (SSSR count). The van der Waals surface area contributed by atoms with Crippen molar-refractivity contribution in [2.24, 2.45) is 0 Å². The van der Waals surface area contributed by atoms with Crippen LogP contribution in [0.3, 0.4) is 0 Å². The summed E-state index contributed by atoms with van der Waals surface area (Å²) in [4.78, 5) is 28.4. The summed E-state index contributed by atoms with van der Waals surface area (Å²) in [6.45, 7) is 3.93. The van der Waals surface area contributed by atoms with Crippen LogP contribution in [0, 0.1) is 0 Å². The number of alkyl halides is 1. The molecule has 6 heteroatoms. The van der Waals surface area contributed by atoms with Crippen molar-refractivity contribution in [3.05, 3.63) is 113 Å². The zero-order valence-corrected chi connectivity index (χ0v) is 25.4. The number of hydrogen-bond donors (Lipinski definition) is 2. The van der Waals surface area contributed by atoms with Crippen LogP contribution in [0.4, 0.5) is 0 Å². The summed E-state index contributed by atoms with van der Waals surface area (Å²) in [5, 5.41) is 6.65. The molecule has 1 fully saturated rings. The summed E-state index contributed by atoms with van der Waals surface area (Å²) in [5.41, 5.74) is 4.69. The van der Waals surface area contributed by atoms with Crippen LogP contribution in [0.5, 0.6) is 0 Å². The molecule has 3 aromatic rings. The van der Waals surface area contributed by atoms with Gasteiger partial charge in [-0.05, 0) is 41.2 Å². The van der Waals surface area contributed by atoms with E-state index in [-0.39, 0.29) is 29.8 Å². The topological polar surface area (TPSA) is 61.4 Å². The summed E-state index contributed by atoms with van der Waals surface area (Å²) in [7, 11) is 0. The summed E-state index contributed by atoms with van der Waals surface area (Å²) >= 11 is 2.34. The van der Waals surface area contributed by atoms with Crippen LogP contribution in [-0.4, -0.2) is 48.4 Å². The Morgan fingerprint density at radius 3 is 2.27 bits per heavy atom. The molecule has 0 aliphatic carbocycles. The van der Waals surface area contributed by atoms with Gasteiger partial charge in [-0.1, -0.05) is 127 Å². The molecule has 0 unspecified atom stereocenters. The van der Waals surface area contributed by atoms with Crippen molar-refractivity contribution in [2.45, 2.75) is 55.0 Å². The zero-order valence-electron chi connectivity index (χ0n) is 23.3. The third kappa shape index (κ3) is 8.77. The van der Waals surface area contributed by atoms with Gasteiger partial charge in [0.2, 0.25) is 11.8 Å².